The molecule has 0 amide bonds. The lowest BCUT2D eigenvalue weighted by Crippen LogP contribution is -2.26. The van der Waals surface area contributed by atoms with Gasteiger partial charge in [0.25, 0.3) is 6.20 Å². The van der Waals surface area contributed by atoms with Gasteiger partial charge in [-0.1, -0.05) is 0 Å². The van der Waals surface area contributed by atoms with Gasteiger partial charge in [-0.3, -0.25) is 15.0 Å². The number of nitrogens with zero attached hydrogens (tertiary/aromatic N) is 2. The van der Waals surface area contributed by atoms with Gasteiger partial charge in [0, 0.05) is 19.3 Å². The third kappa shape index (κ3) is 6.09. The standard InChI is InChI=1S/C16H26N4O3S/c1-13(24-10-7-18-16(17-2)12-20(21)22)15-6-5-14(23-15)11-19-8-3-4-9-19/h5-6,12-13,17-18H,3-4,7-11H2,1-2H3/b16-12+. The summed E-state index contributed by atoms with van der Waals surface area (Å²) in [6, 6.07) is 4.13. The second-order valence-corrected chi connectivity index (χ2v) is 7.25. The Morgan fingerprint density at radius 2 is 2.25 bits per heavy atom. The molecular weight excluding hydrogens is 328 g/mol. The number of hydrogen-bond donors (Lipinski definition) is 2. The van der Waals surface area contributed by atoms with Crippen molar-refractivity contribution in [1.82, 2.24) is 15.5 Å². The fourth-order valence-corrected chi connectivity index (χ4v) is 3.53. The summed E-state index contributed by atoms with van der Waals surface area (Å²) in [4.78, 5) is 12.4. The van der Waals surface area contributed by atoms with Gasteiger partial charge >= 0.3 is 0 Å². The zero-order valence-corrected chi connectivity index (χ0v) is 15.1. The Morgan fingerprint density at radius 1 is 1.50 bits per heavy atom. The molecule has 1 unspecified atom stereocenters. The summed E-state index contributed by atoms with van der Waals surface area (Å²) in [6.07, 6.45) is 3.50. The van der Waals surface area contributed by atoms with Gasteiger partial charge in [-0.15, -0.1) is 11.8 Å². The lowest BCUT2D eigenvalue weighted by molar-refractivity contribution is -0.404. The van der Waals surface area contributed by atoms with Gasteiger partial charge in [0.15, 0.2) is 5.82 Å². The van der Waals surface area contributed by atoms with Crippen molar-refractivity contribution in [2.45, 2.75) is 31.6 Å². The summed E-state index contributed by atoms with van der Waals surface area (Å²) in [5.74, 6) is 3.27. The van der Waals surface area contributed by atoms with Crippen LogP contribution in [0.25, 0.3) is 0 Å². The topological polar surface area (TPSA) is 83.6 Å². The molecule has 1 saturated heterocycles. The molecule has 1 aliphatic rings. The molecule has 0 aliphatic carbocycles. The van der Waals surface area contributed by atoms with Crippen LogP contribution in [0.3, 0.4) is 0 Å². The fourth-order valence-electron chi connectivity index (χ4n) is 2.67. The average Bonchev–Trinajstić information content (AvgIpc) is 3.22. The predicted octanol–water partition coefficient (Wildman–Crippen LogP) is 2.55. The Morgan fingerprint density at radius 3 is 2.92 bits per heavy atom. The molecule has 7 nitrogen and oxygen atoms in total. The van der Waals surface area contributed by atoms with E-state index in [2.05, 4.69) is 34.6 Å². The van der Waals surface area contributed by atoms with Crippen molar-refractivity contribution in [3.05, 3.63) is 45.8 Å². The second kappa shape index (κ2) is 9.58. The lowest BCUT2D eigenvalue weighted by Gasteiger charge is -2.13. The molecule has 2 rings (SSSR count). The molecule has 1 fully saturated rings. The third-order valence-electron chi connectivity index (χ3n) is 3.95. The minimum absolute atomic E-state index is 0.261. The molecule has 0 radical (unpaired) electrons. The van der Waals surface area contributed by atoms with E-state index in [0.717, 1.165) is 43.1 Å². The number of furan rings is 1. The Balaban J connectivity index is 1.71. The molecule has 2 N–H and O–H groups in total. The van der Waals surface area contributed by atoms with Crippen molar-refractivity contribution in [1.29, 1.82) is 0 Å². The van der Waals surface area contributed by atoms with E-state index in [1.807, 2.05) is 0 Å². The second-order valence-electron chi connectivity index (χ2n) is 5.81. The first-order valence-electron chi connectivity index (χ1n) is 8.28. The van der Waals surface area contributed by atoms with E-state index in [4.69, 9.17) is 4.42 Å². The van der Waals surface area contributed by atoms with Crippen molar-refractivity contribution in [3.8, 4) is 0 Å². The first kappa shape index (κ1) is 18.7. The van der Waals surface area contributed by atoms with Crippen molar-refractivity contribution < 1.29 is 9.34 Å². The number of nitrogens with one attached hydrogen (secondary N) is 2. The van der Waals surface area contributed by atoms with Crippen molar-refractivity contribution >= 4 is 11.8 Å². The number of likely N-dealkylation sites (tertiary alicyclic amines) is 1. The number of thioether (sulfide) groups is 1. The van der Waals surface area contributed by atoms with E-state index in [1.165, 1.54) is 12.8 Å². The fraction of sp³-hybridized carbons (Fsp3) is 0.625. The smallest absolute Gasteiger partial charge is 0.274 e. The van der Waals surface area contributed by atoms with Crippen molar-refractivity contribution in [2.75, 3.05) is 32.4 Å². The van der Waals surface area contributed by atoms with Crippen LogP contribution in [0.2, 0.25) is 0 Å². The molecule has 1 aliphatic heterocycles. The lowest BCUT2D eigenvalue weighted by atomic mass is 10.3. The highest BCUT2D eigenvalue weighted by molar-refractivity contribution is 7.99. The third-order valence-corrected chi connectivity index (χ3v) is 5.12. The largest absolute Gasteiger partial charge is 0.464 e. The Bertz CT molecular complexity index is 555. The normalized spacial score (nSPS) is 17.0. The van der Waals surface area contributed by atoms with Gasteiger partial charge < -0.3 is 15.1 Å². The van der Waals surface area contributed by atoms with Gasteiger partial charge in [0.1, 0.15) is 11.5 Å². The van der Waals surface area contributed by atoms with Crippen LogP contribution in [0.4, 0.5) is 0 Å². The Hall–Kier alpha value is -1.67. The zero-order chi connectivity index (χ0) is 17.4. The summed E-state index contributed by atoms with van der Waals surface area (Å²) >= 11 is 1.76. The van der Waals surface area contributed by atoms with E-state index in [1.54, 1.807) is 18.8 Å². The van der Waals surface area contributed by atoms with E-state index in [-0.39, 0.29) is 5.25 Å². The van der Waals surface area contributed by atoms with E-state index in [9.17, 15) is 10.1 Å². The summed E-state index contributed by atoms with van der Waals surface area (Å²) in [6.45, 7) is 6.00. The number of nitro groups is 1. The zero-order valence-electron chi connectivity index (χ0n) is 14.3. The highest BCUT2D eigenvalue weighted by Gasteiger charge is 2.16. The molecule has 134 valence electrons. The van der Waals surface area contributed by atoms with Crippen LogP contribution in [0.1, 0.15) is 36.5 Å². The minimum Gasteiger partial charge on any atom is -0.464 e. The summed E-state index contributed by atoms with van der Waals surface area (Å²) < 4.78 is 5.96. The molecule has 2 heterocycles. The van der Waals surface area contributed by atoms with Crippen LogP contribution in [0.5, 0.6) is 0 Å². The average molecular weight is 354 g/mol. The predicted molar refractivity (Wildman–Crippen MR) is 96.2 cm³/mol. The molecule has 1 aromatic heterocycles. The molecule has 0 bridgehead atoms. The highest BCUT2D eigenvalue weighted by Crippen LogP contribution is 2.29. The van der Waals surface area contributed by atoms with Crippen molar-refractivity contribution in [3.63, 3.8) is 0 Å². The molecule has 8 heteroatoms. The van der Waals surface area contributed by atoms with E-state index >= 15 is 0 Å². The maximum atomic E-state index is 10.4. The van der Waals surface area contributed by atoms with Gasteiger partial charge in [-0.25, -0.2) is 0 Å². The SMILES string of the molecule is CN/C(=C\[N+](=O)[O-])NCCSC(C)c1ccc(CN2CCCC2)o1. The first-order chi connectivity index (χ1) is 11.6. The molecule has 0 spiro atoms. The van der Waals surface area contributed by atoms with Crippen LogP contribution in [-0.2, 0) is 6.54 Å². The van der Waals surface area contributed by atoms with Crippen molar-refractivity contribution in [2.24, 2.45) is 0 Å². The van der Waals surface area contributed by atoms with Crippen LogP contribution < -0.4 is 10.6 Å². The van der Waals surface area contributed by atoms with E-state index in [0.29, 0.717) is 12.4 Å². The quantitative estimate of drug-likeness (QED) is 0.379. The first-order valence-corrected chi connectivity index (χ1v) is 9.33. The molecule has 1 aromatic rings. The minimum atomic E-state index is -0.473. The Kier molecular flexibility index (Phi) is 7.45. The molecule has 0 saturated carbocycles. The maximum Gasteiger partial charge on any atom is 0.274 e. The van der Waals surface area contributed by atoms with Gasteiger partial charge in [-0.2, -0.15) is 0 Å². The summed E-state index contributed by atoms with van der Waals surface area (Å²) in [7, 11) is 1.66. The number of hydrogen-bond acceptors (Lipinski definition) is 7. The van der Waals surface area contributed by atoms with Crippen LogP contribution in [0, 0.1) is 10.1 Å². The molecule has 1 atom stereocenters. The molecular formula is C16H26N4O3S. The maximum absolute atomic E-state index is 10.4. The van der Waals surface area contributed by atoms with Gasteiger partial charge in [0.05, 0.1) is 16.7 Å². The van der Waals surface area contributed by atoms with Gasteiger partial charge in [-0.05, 0) is 45.0 Å². The van der Waals surface area contributed by atoms with E-state index < -0.39 is 4.92 Å². The summed E-state index contributed by atoms with van der Waals surface area (Å²) in [5, 5.41) is 16.5. The van der Waals surface area contributed by atoms with Crippen LogP contribution in [-0.4, -0.2) is 42.3 Å². The summed E-state index contributed by atoms with van der Waals surface area (Å²) in [5.41, 5.74) is 0. The number of rotatable bonds is 10. The van der Waals surface area contributed by atoms with Gasteiger partial charge in [0.2, 0.25) is 0 Å². The Labute approximate surface area is 147 Å². The molecule has 0 aromatic carbocycles. The highest BCUT2D eigenvalue weighted by atomic mass is 32.2. The van der Waals surface area contributed by atoms with Crippen LogP contribution in [0.15, 0.2) is 28.6 Å². The monoisotopic (exact) mass is 354 g/mol. The van der Waals surface area contributed by atoms with Crippen LogP contribution >= 0.6 is 11.8 Å². The molecule has 24 heavy (non-hydrogen) atoms.